The fraction of sp³-hybridized carbons (Fsp3) is 0.786. The number of anilines is 1. The minimum atomic E-state index is -0.301. The number of piperidine rings is 1. The van der Waals surface area contributed by atoms with Crippen LogP contribution in [0.15, 0.2) is 0 Å². The predicted molar refractivity (Wildman–Crippen MR) is 82.7 cm³/mol. The van der Waals surface area contributed by atoms with Gasteiger partial charge < -0.3 is 10.6 Å². The van der Waals surface area contributed by atoms with E-state index in [2.05, 4.69) is 10.00 Å². The summed E-state index contributed by atoms with van der Waals surface area (Å²) in [6.45, 7) is 7.15. The highest BCUT2D eigenvalue weighted by molar-refractivity contribution is 5.62. The molecule has 1 unspecified atom stereocenters. The average Bonchev–Trinajstić information content (AvgIpc) is 2.77. The summed E-state index contributed by atoms with van der Waals surface area (Å²) in [7, 11) is 0. The van der Waals surface area contributed by atoms with Crippen molar-refractivity contribution in [2.24, 2.45) is 5.73 Å². The molecular weight excluding hydrogens is 270 g/mol. The van der Waals surface area contributed by atoms with Crippen molar-refractivity contribution in [3.63, 3.8) is 0 Å². The summed E-state index contributed by atoms with van der Waals surface area (Å²) in [5, 5.41) is 15.9. The lowest BCUT2D eigenvalue weighted by Gasteiger charge is -2.37. The van der Waals surface area contributed by atoms with Crippen molar-refractivity contribution in [2.45, 2.75) is 58.5 Å². The largest absolute Gasteiger partial charge is 0.348 e. The van der Waals surface area contributed by atoms with Crippen LogP contribution in [0.2, 0.25) is 0 Å². The molecule has 2 N–H and O–H groups in total. The fourth-order valence-corrected chi connectivity index (χ4v) is 3.14. The summed E-state index contributed by atoms with van der Waals surface area (Å²) in [6.07, 6.45) is 4.11. The van der Waals surface area contributed by atoms with E-state index in [0.717, 1.165) is 32.2 Å². The molecule has 0 aliphatic carbocycles. The van der Waals surface area contributed by atoms with E-state index in [9.17, 15) is 10.1 Å². The average molecular weight is 295 g/mol. The minimum Gasteiger partial charge on any atom is -0.348 e. The van der Waals surface area contributed by atoms with Gasteiger partial charge in [0, 0.05) is 18.6 Å². The van der Waals surface area contributed by atoms with Gasteiger partial charge in [-0.1, -0.05) is 0 Å². The molecule has 0 radical (unpaired) electrons. The number of hydrogen-bond donors (Lipinski definition) is 1. The standard InChI is InChI=1S/C14H25N5O2/c1-10(2)18-14(13(19(20)21)11(3)16-18)17-9-5-4-6-12(17)7-8-15/h10,12H,4-9,15H2,1-3H3. The summed E-state index contributed by atoms with van der Waals surface area (Å²) in [6, 6.07) is 0.365. The number of rotatable bonds is 5. The summed E-state index contributed by atoms with van der Waals surface area (Å²) < 4.78 is 1.79. The molecule has 1 aliphatic rings. The van der Waals surface area contributed by atoms with Gasteiger partial charge in [-0.3, -0.25) is 10.1 Å². The van der Waals surface area contributed by atoms with Crippen molar-refractivity contribution >= 4 is 11.5 Å². The maximum atomic E-state index is 11.5. The third-order valence-corrected chi connectivity index (χ3v) is 4.10. The molecule has 1 atom stereocenters. The highest BCUT2D eigenvalue weighted by atomic mass is 16.6. The molecule has 0 aromatic carbocycles. The van der Waals surface area contributed by atoms with Crippen molar-refractivity contribution in [3.8, 4) is 0 Å². The molecular formula is C14H25N5O2. The van der Waals surface area contributed by atoms with Gasteiger partial charge in [-0.15, -0.1) is 0 Å². The van der Waals surface area contributed by atoms with Gasteiger partial charge in [0.15, 0.2) is 0 Å². The SMILES string of the molecule is Cc1nn(C(C)C)c(N2CCCCC2CCN)c1[N+](=O)[O-]. The summed E-state index contributed by atoms with van der Waals surface area (Å²) in [5.41, 5.74) is 6.35. The molecule has 2 heterocycles. The Morgan fingerprint density at radius 2 is 2.19 bits per heavy atom. The molecule has 118 valence electrons. The van der Waals surface area contributed by atoms with Crippen LogP contribution in [-0.2, 0) is 0 Å². The topological polar surface area (TPSA) is 90.2 Å². The monoisotopic (exact) mass is 295 g/mol. The van der Waals surface area contributed by atoms with E-state index >= 15 is 0 Å². The number of nitrogens with zero attached hydrogens (tertiary/aromatic N) is 4. The molecule has 1 saturated heterocycles. The van der Waals surface area contributed by atoms with E-state index in [4.69, 9.17) is 5.73 Å². The lowest BCUT2D eigenvalue weighted by molar-refractivity contribution is -0.384. The van der Waals surface area contributed by atoms with Crippen LogP contribution in [0.4, 0.5) is 11.5 Å². The van der Waals surface area contributed by atoms with Gasteiger partial charge in [0.05, 0.1) is 4.92 Å². The van der Waals surface area contributed by atoms with Crippen molar-refractivity contribution in [1.29, 1.82) is 0 Å². The van der Waals surface area contributed by atoms with E-state index in [-0.39, 0.29) is 22.7 Å². The molecule has 1 aromatic heterocycles. The van der Waals surface area contributed by atoms with Crippen LogP contribution in [0, 0.1) is 17.0 Å². The van der Waals surface area contributed by atoms with Gasteiger partial charge >= 0.3 is 5.69 Å². The van der Waals surface area contributed by atoms with Crippen molar-refractivity contribution in [2.75, 3.05) is 18.0 Å². The smallest absolute Gasteiger partial charge is 0.333 e. The molecule has 0 spiro atoms. The molecule has 2 rings (SSSR count). The Morgan fingerprint density at radius 3 is 2.76 bits per heavy atom. The second-order valence-corrected chi connectivity index (χ2v) is 5.97. The Hall–Kier alpha value is -1.63. The number of nitro groups is 1. The molecule has 1 fully saturated rings. The number of hydrogen-bond acceptors (Lipinski definition) is 5. The Balaban J connectivity index is 2.50. The second-order valence-electron chi connectivity index (χ2n) is 5.97. The molecule has 0 saturated carbocycles. The Morgan fingerprint density at radius 1 is 1.48 bits per heavy atom. The molecule has 1 aromatic rings. The maximum Gasteiger partial charge on any atom is 0.333 e. The predicted octanol–water partition coefficient (Wildman–Crippen LogP) is 2.39. The lowest BCUT2D eigenvalue weighted by Crippen LogP contribution is -2.42. The first-order chi connectivity index (χ1) is 9.97. The van der Waals surface area contributed by atoms with E-state index in [0.29, 0.717) is 18.1 Å². The van der Waals surface area contributed by atoms with E-state index in [1.54, 1.807) is 11.6 Å². The van der Waals surface area contributed by atoms with Gasteiger partial charge in [-0.05, 0) is 53.0 Å². The summed E-state index contributed by atoms with van der Waals surface area (Å²) >= 11 is 0. The Labute approximate surface area is 125 Å². The van der Waals surface area contributed by atoms with E-state index in [1.165, 1.54) is 0 Å². The number of nitrogens with two attached hydrogens (primary N) is 1. The zero-order valence-electron chi connectivity index (χ0n) is 13.1. The second kappa shape index (κ2) is 6.43. The van der Waals surface area contributed by atoms with Crippen LogP contribution >= 0.6 is 0 Å². The minimum absolute atomic E-state index is 0.0906. The van der Waals surface area contributed by atoms with Crippen LogP contribution in [-0.4, -0.2) is 33.8 Å². The zero-order valence-corrected chi connectivity index (χ0v) is 13.1. The van der Waals surface area contributed by atoms with Crippen LogP contribution in [0.5, 0.6) is 0 Å². The quantitative estimate of drug-likeness (QED) is 0.665. The molecule has 0 bridgehead atoms. The first-order valence-electron chi connectivity index (χ1n) is 7.67. The normalized spacial score (nSPS) is 19.3. The third kappa shape index (κ3) is 3.02. The van der Waals surface area contributed by atoms with Gasteiger partial charge in [-0.2, -0.15) is 5.10 Å². The van der Waals surface area contributed by atoms with Crippen molar-refractivity contribution in [3.05, 3.63) is 15.8 Å². The first kappa shape index (κ1) is 15.8. The van der Waals surface area contributed by atoms with Crippen molar-refractivity contribution in [1.82, 2.24) is 9.78 Å². The Bertz CT molecular complexity index is 510. The van der Waals surface area contributed by atoms with Gasteiger partial charge in [0.2, 0.25) is 5.82 Å². The zero-order chi connectivity index (χ0) is 15.6. The molecule has 7 nitrogen and oxygen atoms in total. The van der Waals surface area contributed by atoms with Crippen LogP contribution in [0.1, 0.15) is 51.3 Å². The fourth-order valence-electron chi connectivity index (χ4n) is 3.14. The van der Waals surface area contributed by atoms with Gasteiger partial charge in [0.1, 0.15) is 5.69 Å². The highest BCUT2D eigenvalue weighted by Gasteiger charge is 2.34. The lowest BCUT2D eigenvalue weighted by atomic mass is 9.99. The molecule has 0 amide bonds. The van der Waals surface area contributed by atoms with E-state index < -0.39 is 0 Å². The number of aryl methyl sites for hydroxylation is 1. The van der Waals surface area contributed by atoms with E-state index in [1.807, 2.05) is 13.8 Å². The Kier molecular flexibility index (Phi) is 4.82. The first-order valence-corrected chi connectivity index (χ1v) is 7.67. The summed E-state index contributed by atoms with van der Waals surface area (Å²) in [5.74, 6) is 0.658. The highest BCUT2D eigenvalue weighted by Crippen LogP contribution is 2.37. The number of aromatic nitrogens is 2. The van der Waals surface area contributed by atoms with Crippen LogP contribution in [0.3, 0.4) is 0 Å². The molecule has 7 heteroatoms. The maximum absolute atomic E-state index is 11.5. The molecule has 1 aliphatic heterocycles. The summed E-state index contributed by atoms with van der Waals surface area (Å²) in [4.78, 5) is 13.3. The van der Waals surface area contributed by atoms with Gasteiger partial charge in [-0.25, -0.2) is 4.68 Å². The van der Waals surface area contributed by atoms with Crippen LogP contribution in [0.25, 0.3) is 0 Å². The van der Waals surface area contributed by atoms with Gasteiger partial charge in [0.25, 0.3) is 0 Å². The third-order valence-electron chi connectivity index (χ3n) is 4.10. The van der Waals surface area contributed by atoms with Crippen molar-refractivity contribution < 1.29 is 4.92 Å². The molecule has 21 heavy (non-hydrogen) atoms. The van der Waals surface area contributed by atoms with Crippen LogP contribution < -0.4 is 10.6 Å².